The van der Waals surface area contributed by atoms with Crippen LogP contribution < -0.4 is 0 Å². The monoisotopic (exact) mass is 267 g/mol. The molecule has 1 aliphatic heterocycles. The molecule has 0 unspecified atom stereocenters. The molecule has 0 radical (unpaired) electrons. The molecule has 0 amide bonds. The van der Waals surface area contributed by atoms with E-state index in [1.807, 2.05) is 6.92 Å². The molecule has 0 fully saturated rings. The molecule has 1 aromatic heterocycles. The molecule has 1 N–H and O–H groups in total. The number of H-pyrrole nitrogens is 1. The number of aromatic amines is 1. The highest BCUT2D eigenvalue weighted by Gasteiger charge is 2.12. The average Bonchev–Trinajstić information content (AvgIpc) is 2.92. The number of aryl methyl sites for hydroxylation is 1. The Morgan fingerprint density at radius 1 is 1.25 bits per heavy atom. The summed E-state index contributed by atoms with van der Waals surface area (Å²) in [6, 6.07) is 12.8. The SMILES string of the molecule is Cc1cc(CCN2CC=C(c3ccccc3)CC2)n[nH]1. The average molecular weight is 267 g/mol. The zero-order valence-corrected chi connectivity index (χ0v) is 12.0. The Hall–Kier alpha value is -1.87. The summed E-state index contributed by atoms with van der Waals surface area (Å²) < 4.78 is 0. The van der Waals surface area contributed by atoms with Crippen LogP contribution in [0.15, 0.2) is 42.5 Å². The highest BCUT2D eigenvalue weighted by Crippen LogP contribution is 2.21. The van der Waals surface area contributed by atoms with Gasteiger partial charge in [0, 0.05) is 31.7 Å². The van der Waals surface area contributed by atoms with Crippen molar-refractivity contribution in [1.29, 1.82) is 0 Å². The molecule has 3 nitrogen and oxygen atoms in total. The van der Waals surface area contributed by atoms with Gasteiger partial charge in [0.25, 0.3) is 0 Å². The van der Waals surface area contributed by atoms with E-state index < -0.39 is 0 Å². The molecule has 2 aromatic rings. The van der Waals surface area contributed by atoms with E-state index in [-0.39, 0.29) is 0 Å². The predicted octanol–water partition coefficient (Wildman–Crippen LogP) is 3.05. The van der Waals surface area contributed by atoms with Gasteiger partial charge >= 0.3 is 0 Å². The van der Waals surface area contributed by atoms with Gasteiger partial charge in [-0.15, -0.1) is 0 Å². The first-order valence-corrected chi connectivity index (χ1v) is 7.29. The van der Waals surface area contributed by atoms with Crippen molar-refractivity contribution in [2.75, 3.05) is 19.6 Å². The smallest absolute Gasteiger partial charge is 0.0637 e. The molecule has 0 aliphatic carbocycles. The number of rotatable bonds is 4. The van der Waals surface area contributed by atoms with E-state index in [0.717, 1.165) is 38.2 Å². The zero-order chi connectivity index (χ0) is 13.8. The van der Waals surface area contributed by atoms with Crippen molar-refractivity contribution < 1.29 is 0 Å². The summed E-state index contributed by atoms with van der Waals surface area (Å²) in [5, 5.41) is 7.30. The summed E-state index contributed by atoms with van der Waals surface area (Å²) in [6.07, 6.45) is 4.54. The van der Waals surface area contributed by atoms with Gasteiger partial charge in [-0.25, -0.2) is 0 Å². The lowest BCUT2D eigenvalue weighted by atomic mass is 9.99. The number of nitrogens with zero attached hydrogens (tertiary/aromatic N) is 2. The van der Waals surface area contributed by atoms with Gasteiger partial charge in [0.15, 0.2) is 0 Å². The lowest BCUT2D eigenvalue weighted by Crippen LogP contribution is -2.30. The topological polar surface area (TPSA) is 31.9 Å². The molecule has 0 spiro atoms. The van der Waals surface area contributed by atoms with Crippen LogP contribution in [-0.4, -0.2) is 34.7 Å². The number of nitrogens with one attached hydrogen (secondary N) is 1. The minimum atomic E-state index is 1.03. The Morgan fingerprint density at radius 2 is 2.10 bits per heavy atom. The standard InChI is InChI=1S/C17H21N3/c1-14-13-17(19-18-14)9-12-20-10-7-16(8-11-20)15-5-3-2-4-6-15/h2-7,13H,8-12H2,1H3,(H,18,19). The third-order valence-electron chi connectivity index (χ3n) is 3.88. The van der Waals surface area contributed by atoms with Gasteiger partial charge in [-0.3, -0.25) is 10.00 Å². The molecule has 0 saturated heterocycles. The van der Waals surface area contributed by atoms with Crippen molar-refractivity contribution in [3.63, 3.8) is 0 Å². The third-order valence-corrected chi connectivity index (χ3v) is 3.88. The van der Waals surface area contributed by atoms with Crippen LogP contribution in [0.2, 0.25) is 0 Å². The molecule has 3 rings (SSSR count). The zero-order valence-electron chi connectivity index (χ0n) is 12.0. The van der Waals surface area contributed by atoms with Crippen LogP contribution in [-0.2, 0) is 6.42 Å². The minimum absolute atomic E-state index is 1.03. The molecule has 20 heavy (non-hydrogen) atoms. The van der Waals surface area contributed by atoms with Crippen molar-refractivity contribution in [1.82, 2.24) is 15.1 Å². The second-order valence-electron chi connectivity index (χ2n) is 5.44. The van der Waals surface area contributed by atoms with Crippen LogP contribution in [0.4, 0.5) is 0 Å². The number of hydrogen-bond acceptors (Lipinski definition) is 2. The van der Waals surface area contributed by atoms with E-state index in [4.69, 9.17) is 0 Å². The summed E-state index contributed by atoms with van der Waals surface area (Å²) in [7, 11) is 0. The maximum Gasteiger partial charge on any atom is 0.0637 e. The van der Waals surface area contributed by atoms with Crippen molar-refractivity contribution in [2.45, 2.75) is 19.8 Å². The minimum Gasteiger partial charge on any atom is -0.299 e. The predicted molar refractivity (Wildman–Crippen MR) is 82.5 cm³/mol. The normalized spacial score (nSPS) is 16.1. The van der Waals surface area contributed by atoms with E-state index >= 15 is 0 Å². The van der Waals surface area contributed by atoms with Gasteiger partial charge in [-0.1, -0.05) is 36.4 Å². The van der Waals surface area contributed by atoms with Gasteiger partial charge in [0.1, 0.15) is 0 Å². The molecule has 0 saturated carbocycles. The number of benzene rings is 1. The van der Waals surface area contributed by atoms with Crippen molar-refractivity contribution in [2.24, 2.45) is 0 Å². The van der Waals surface area contributed by atoms with Crippen LogP contribution in [0.25, 0.3) is 5.57 Å². The maximum absolute atomic E-state index is 4.30. The van der Waals surface area contributed by atoms with E-state index in [0.29, 0.717) is 0 Å². The molecule has 1 aromatic carbocycles. The second kappa shape index (κ2) is 6.06. The van der Waals surface area contributed by atoms with E-state index in [1.54, 1.807) is 0 Å². The van der Waals surface area contributed by atoms with E-state index in [9.17, 15) is 0 Å². The van der Waals surface area contributed by atoms with Crippen LogP contribution in [0.3, 0.4) is 0 Å². The van der Waals surface area contributed by atoms with Gasteiger partial charge < -0.3 is 0 Å². The second-order valence-corrected chi connectivity index (χ2v) is 5.44. The molecule has 1 aliphatic rings. The molecule has 0 atom stereocenters. The molecular formula is C17H21N3. The van der Waals surface area contributed by atoms with Crippen LogP contribution in [0.5, 0.6) is 0 Å². The molecule has 3 heteroatoms. The van der Waals surface area contributed by atoms with Gasteiger partial charge in [0.05, 0.1) is 5.69 Å². The van der Waals surface area contributed by atoms with Gasteiger partial charge in [-0.05, 0) is 30.5 Å². The molecule has 0 bridgehead atoms. The highest BCUT2D eigenvalue weighted by atomic mass is 15.1. The molecule has 2 heterocycles. The lowest BCUT2D eigenvalue weighted by Gasteiger charge is -2.26. The first-order chi connectivity index (χ1) is 9.81. The third kappa shape index (κ3) is 3.17. The Kier molecular flexibility index (Phi) is 3.97. The fourth-order valence-corrected chi connectivity index (χ4v) is 2.70. The van der Waals surface area contributed by atoms with E-state index in [2.05, 4.69) is 57.6 Å². The Morgan fingerprint density at radius 3 is 2.75 bits per heavy atom. The Balaban J connectivity index is 1.54. The van der Waals surface area contributed by atoms with E-state index in [1.165, 1.54) is 16.8 Å². The largest absolute Gasteiger partial charge is 0.299 e. The summed E-state index contributed by atoms with van der Waals surface area (Å²) in [5.74, 6) is 0. The fraction of sp³-hybridized carbons (Fsp3) is 0.353. The first kappa shape index (κ1) is 13.1. The van der Waals surface area contributed by atoms with Crippen molar-refractivity contribution in [3.05, 3.63) is 59.4 Å². The molecule has 104 valence electrons. The maximum atomic E-state index is 4.30. The van der Waals surface area contributed by atoms with Crippen LogP contribution in [0, 0.1) is 6.92 Å². The van der Waals surface area contributed by atoms with Crippen LogP contribution in [0.1, 0.15) is 23.4 Å². The molecular weight excluding hydrogens is 246 g/mol. The summed E-state index contributed by atoms with van der Waals surface area (Å²) in [6.45, 7) is 5.33. The first-order valence-electron chi connectivity index (χ1n) is 7.29. The van der Waals surface area contributed by atoms with Crippen LogP contribution >= 0.6 is 0 Å². The van der Waals surface area contributed by atoms with Gasteiger partial charge in [0.2, 0.25) is 0 Å². The number of hydrogen-bond donors (Lipinski definition) is 1. The fourth-order valence-electron chi connectivity index (χ4n) is 2.70. The summed E-state index contributed by atoms with van der Waals surface area (Å²) in [4.78, 5) is 2.50. The van der Waals surface area contributed by atoms with Crippen molar-refractivity contribution in [3.8, 4) is 0 Å². The highest BCUT2D eigenvalue weighted by molar-refractivity contribution is 5.66. The lowest BCUT2D eigenvalue weighted by molar-refractivity contribution is 0.305. The Labute approximate surface area is 120 Å². The van der Waals surface area contributed by atoms with Crippen molar-refractivity contribution >= 4 is 5.57 Å². The summed E-state index contributed by atoms with van der Waals surface area (Å²) >= 11 is 0. The van der Waals surface area contributed by atoms with Gasteiger partial charge in [-0.2, -0.15) is 5.10 Å². The quantitative estimate of drug-likeness (QED) is 0.923. The Bertz CT molecular complexity index is 583. The summed E-state index contributed by atoms with van der Waals surface area (Å²) in [5.41, 5.74) is 5.16. The number of aromatic nitrogens is 2.